The molecule has 0 radical (unpaired) electrons. The van der Waals surface area contributed by atoms with E-state index in [1.165, 1.54) is 5.57 Å². The molecule has 0 N–H and O–H groups in total. The second-order valence-electron chi connectivity index (χ2n) is 3.27. The van der Waals surface area contributed by atoms with Crippen molar-refractivity contribution in [1.82, 2.24) is 0 Å². The highest BCUT2D eigenvalue weighted by atomic mass is 16.6. The van der Waals surface area contributed by atoms with Crippen LogP contribution in [0.4, 0.5) is 0 Å². The van der Waals surface area contributed by atoms with Gasteiger partial charge >= 0.3 is 0 Å². The number of rotatable bonds is 6. The summed E-state index contributed by atoms with van der Waals surface area (Å²) in [5.74, 6) is 0. The summed E-state index contributed by atoms with van der Waals surface area (Å²) in [5.41, 5.74) is 1.45. The fraction of sp³-hybridized carbons (Fsp3) is 0.800. The van der Waals surface area contributed by atoms with Gasteiger partial charge in [0.05, 0.1) is 13.2 Å². The first-order valence-electron chi connectivity index (χ1n) is 4.64. The van der Waals surface area contributed by atoms with Crippen molar-refractivity contribution in [2.45, 2.75) is 32.8 Å². The van der Waals surface area contributed by atoms with E-state index in [-0.39, 0.29) is 0 Å². The number of hydrogen-bond acceptors (Lipinski definition) is 2. The molecule has 0 spiro atoms. The van der Waals surface area contributed by atoms with Gasteiger partial charge in [0.2, 0.25) is 0 Å². The Labute approximate surface area is 74.6 Å². The lowest BCUT2D eigenvalue weighted by atomic mass is 10.2. The van der Waals surface area contributed by atoms with E-state index in [1.807, 2.05) is 0 Å². The largest absolute Gasteiger partial charge is 0.379 e. The monoisotopic (exact) mass is 170 g/mol. The maximum Gasteiger partial charge on any atom is 0.104 e. The highest BCUT2D eigenvalue weighted by Gasteiger charge is 2.21. The highest BCUT2D eigenvalue weighted by Crippen LogP contribution is 2.09. The van der Waals surface area contributed by atoms with Crippen LogP contribution in [-0.4, -0.2) is 25.9 Å². The summed E-state index contributed by atoms with van der Waals surface area (Å²) in [4.78, 5) is 0. The van der Waals surface area contributed by atoms with Gasteiger partial charge in [0.1, 0.15) is 6.10 Å². The molecule has 0 amide bonds. The van der Waals surface area contributed by atoms with Gasteiger partial charge < -0.3 is 9.47 Å². The van der Waals surface area contributed by atoms with Gasteiger partial charge in [-0.05, 0) is 26.7 Å². The van der Waals surface area contributed by atoms with Crippen LogP contribution in [0.15, 0.2) is 11.6 Å². The Morgan fingerprint density at radius 2 is 2.42 bits per heavy atom. The van der Waals surface area contributed by atoms with E-state index in [9.17, 15) is 0 Å². The molecule has 1 fully saturated rings. The van der Waals surface area contributed by atoms with Crippen molar-refractivity contribution < 1.29 is 9.47 Å². The minimum absolute atomic E-state index is 0.410. The lowest BCUT2D eigenvalue weighted by Gasteiger charge is -2.01. The zero-order valence-electron chi connectivity index (χ0n) is 8.01. The average Bonchev–Trinajstić information content (AvgIpc) is 2.87. The predicted octanol–water partition coefficient (Wildman–Crippen LogP) is 2.15. The van der Waals surface area contributed by atoms with Crippen molar-refractivity contribution in [2.24, 2.45) is 0 Å². The van der Waals surface area contributed by atoms with Crippen LogP contribution < -0.4 is 0 Å². The Morgan fingerprint density at radius 3 is 3.00 bits per heavy atom. The lowest BCUT2D eigenvalue weighted by Crippen LogP contribution is -2.02. The summed E-state index contributed by atoms with van der Waals surface area (Å²) in [6.07, 6.45) is 4.85. The van der Waals surface area contributed by atoms with Crippen molar-refractivity contribution in [1.29, 1.82) is 0 Å². The van der Waals surface area contributed by atoms with Gasteiger partial charge in [0, 0.05) is 6.61 Å². The summed E-state index contributed by atoms with van der Waals surface area (Å²) < 4.78 is 10.4. The Balaban J connectivity index is 1.81. The van der Waals surface area contributed by atoms with E-state index in [0.29, 0.717) is 6.10 Å². The van der Waals surface area contributed by atoms with E-state index in [1.54, 1.807) is 0 Å². The second-order valence-corrected chi connectivity index (χ2v) is 3.27. The highest BCUT2D eigenvalue weighted by molar-refractivity contribution is 4.94. The van der Waals surface area contributed by atoms with Gasteiger partial charge in [0.25, 0.3) is 0 Å². The van der Waals surface area contributed by atoms with Gasteiger partial charge in [-0.25, -0.2) is 0 Å². The Kier molecular flexibility index (Phi) is 4.33. The van der Waals surface area contributed by atoms with Crippen LogP contribution >= 0.6 is 0 Å². The third-order valence-electron chi connectivity index (χ3n) is 2.06. The van der Waals surface area contributed by atoms with E-state index >= 15 is 0 Å². The molecule has 1 aliphatic rings. The fourth-order valence-electron chi connectivity index (χ4n) is 0.976. The van der Waals surface area contributed by atoms with Gasteiger partial charge in [-0.15, -0.1) is 0 Å². The fourth-order valence-corrected chi connectivity index (χ4v) is 0.976. The van der Waals surface area contributed by atoms with Crippen molar-refractivity contribution in [3.8, 4) is 0 Å². The molecule has 1 saturated heterocycles. The first-order chi connectivity index (χ1) is 5.83. The first-order valence-corrected chi connectivity index (χ1v) is 4.64. The molecule has 2 heteroatoms. The minimum atomic E-state index is 0.410. The van der Waals surface area contributed by atoms with Crippen LogP contribution in [0, 0.1) is 0 Å². The standard InChI is InChI=1S/C10H18O2/c1-3-9(2)5-4-6-11-7-10-8-12-10/h3,10H,4-8H2,1-2H3. The molecule has 0 aromatic carbocycles. The number of epoxide rings is 1. The Bertz CT molecular complexity index is 148. The zero-order valence-corrected chi connectivity index (χ0v) is 8.01. The zero-order chi connectivity index (χ0) is 8.81. The smallest absolute Gasteiger partial charge is 0.104 e. The van der Waals surface area contributed by atoms with E-state index in [2.05, 4.69) is 19.9 Å². The lowest BCUT2D eigenvalue weighted by molar-refractivity contribution is 0.114. The number of allylic oxidation sites excluding steroid dienone is 2. The molecule has 1 unspecified atom stereocenters. The molecular formula is C10H18O2. The second kappa shape index (κ2) is 5.33. The molecule has 1 heterocycles. The number of ether oxygens (including phenoxy) is 2. The summed E-state index contributed by atoms with van der Waals surface area (Å²) in [5, 5.41) is 0. The number of hydrogen-bond donors (Lipinski definition) is 0. The van der Waals surface area contributed by atoms with Crippen molar-refractivity contribution in [2.75, 3.05) is 19.8 Å². The summed E-state index contributed by atoms with van der Waals surface area (Å²) in [6.45, 7) is 6.78. The Hall–Kier alpha value is -0.340. The molecule has 0 aromatic heterocycles. The van der Waals surface area contributed by atoms with Crippen molar-refractivity contribution in [3.05, 3.63) is 11.6 Å². The quantitative estimate of drug-likeness (QED) is 0.346. The topological polar surface area (TPSA) is 21.8 Å². The molecule has 1 aliphatic heterocycles. The van der Waals surface area contributed by atoms with Crippen LogP contribution in [0.5, 0.6) is 0 Å². The van der Waals surface area contributed by atoms with Gasteiger partial charge in [-0.1, -0.05) is 11.6 Å². The normalized spacial score (nSPS) is 22.8. The molecule has 0 aromatic rings. The summed E-state index contributed by atoms with van der Waals surface area (Å²) >= 11 is 0. The molecule has 2 nitrogen and oxygen atoms in total. The predicted molar refractivity (Wildman–Crippen MR) is 49.2 cm³/mol. The molecule has 70 valence electrons. The van der Waals surface area contributed by atoms with Gasteiger partial charge in [-0.3, -0.25) is 0 Å². The molecule has 0 saturated carbocycles. The molecular weight excluding hydrogens is 152 g/mol. The third-order valence-corrected chi connectivity index (χ3v) is 2.06. The van der Waals surface area contributed by atoms with Crippen LogP contribution in [0.1, 0.15) is 26.7 Å². The van der Waals surface area contributed by atoms with E-state index < -0.39 is 0 Å². The molecule has 0 aliphatic carbocycles. The van der Waals surface area contributed by atoms with Crippen molar-refractivity contribution >= 4 is 0 Å². The van der Waals surface area contributed by atoms with Crippen LogP contribution in [-0.2, 0) is 9.47 Å². The van der Waals surface area contributed by atoms with E-state index in [0.717, 1.165) is 32.7 Å². The minimum Gasteiger partial charge on any atom is -0.379 e. The molecule has 1 atom stereocenters. The average molecular weight is 170 g/mol. The van der Waals surface area contributed by atoms with Gasteiger partial charge in [0.15, 0.2) is 0 Å². The maximum absolute atomic E-state index is 5.40. The van der Waals surface area contributed by atoms with Crippen molar-refractivity contribution in [3.63, 3.8) is 0 Å². The van der Waals surface area contributed by atoms with Crippen LogP contribution in [0.2, 0.25) is 0 Å². The van der Waals surface area contributed by atoms with Crippen LogP contribution in [0.25, 0.3) is 0 Å². The molecule has 0 bridgehead atoms. The first kappa shape index (κ1) is 9.75. The molecule has 1 rings (SSSR count). The Morgan fingerprint density at radius 1 is 1.67 bits per heavy atom. The SMILES string of the molecule is CC=C(C)CCCOCC1CO1. The maximum atomic E-state index is 5.40. The summed E-state index contributed by atoms with van der Waals surface area (Å²) in [6, 6.07) is 0. The summed E-state index contributed by atoms with van der Waals surface area (Å²) in [7, 11) is 0. The third kappa shape index (κ3) is 4.52. The molecule has 12 heavy (non-hydrogen) atoms. The van der Waals surface area contributed by atoms with Crippen LogP contribution in [0.3, 0.4) is 0 Å². The van der Waals surface area contributed by atoms with E-state index in [4.69, 9.17) is 9.47 Å². The van der Waals surface area contributed by atoms with Gasteiger partial charge in [-0.2, -0.15) is 0 Å².